The van der Waals surface area contributed by atoms with Crippen molar-refractivity contribution in [3.8, 4) is 0 Å². The van der Waals surface area contributed by atoms with E-state index in [9.17, 15) is 9.59 Å². The molecule has 0 rings (SSSR count). The van der Waals surface area contributed by atoms with Crippen LogP contribution in [0.2, 0.25) is 0 Å². The second kappa shape index (κ2) is 6.48. The SMILES string of the molecule is C[N+](C)(C)CCC(CCCC(=O)O)C(=O)O. The van der Waals surface area contributed by atoms with Crippen molar-refractivity contribution in [3.63, 3.8) is 0 Å². The predicted octanol–water partition coefficient (Wildman–Crippen LogP) is 1.04. The molecule has 1 unspecified atom stereocenters. The molecule has 0 aromatic heterocycles. The van der Waals surface area contributed by atoms with E-state index in [2.05, 4.69) is 0 Å². The highest BCUT2D eigenvalue weighted by Gasteiger charge is 2.20. The zero-order valence-corrected chi connectivity index (χ0v) is 10.3. The van der Waals surface area contributed by atoms with E-state index in [-0.39, 0.29) is 6.42 Å². The number of hydrogen-bond acceptors (Lipinski definition) is 2. The summed E-state index contributed by atoms with van der Waals surface area (Å²) in [6.45, 7) is 0.782. The Morgan fingerprint density at radius 3 is 2.06 bits per heavy atom. The smallest absolute Gasteiger partial charge is 0.306 e. The van der Waals surface area contributed by atoms with E-state index in [0.717, 1.165) is 11.0 Å². The van der Waals surface area contributed by atoms with Crippen LogP contribution in [0, 0.1) is 5.92 Å². The first-order chi connectivity index (χ1) is 7.22. The van der Waals surface area contributed by atoms with Gasteiger partial charge in [-0.25, -0.2) is 0 Å². The van der Waals surface area contributed by atoms with Crippen LogP contribution >= 0.6 is 0 Å². The Balaban J connectivity index is 3.99. The van der Waals surface area contributed by atoms with Crippen molar-refractivity contribution in [1.29, 1.82) is 0 Å². The number of carboxylic acid groups (broad SMARTS) is 2. The molecule has 0 saturated heterocycles. The van der Waals surface area contributed by atoms with Gasteiger partial charge >= 0.3 is 11.9 Å². The van der Waals surface area contributed by atoms with Crippen molar-refractivity contribution in [2.24, 2.45) is 5.92 Å². The molecule has 0 aliphatic rings. The van der Waals surface area contributed by atoms with Crippen LogP contribution in [0.25, 0.3) is 0 Å². The lowest BCUT2D eigenvalue weighted by molar-refractivity contribution is -0.870. The van der Waals surface area contributed by atoms with Gasteiger partial charge in [0, 0.05) is 12.8 Å². The molecule has 0 aromatic carbocycles. The zero-order valence-electron chi connectivity index (χ0n) is 10.3. The van der Waals surface area contributed by atoms with Crippen molar-refractivity contribution in [1.82, 2.24) is 0 Å². The molecule has 0 saturated carbocycles. The third-order valence-corrected chi connectivity index (χ3v) is 2.44. The molecule has 2 N–H and O–H groups in total. The van der Waals surface area contributed by atoms with Crippen LogP contribution in [-0.4, -0.2) is 54.3 Å². The summed E-state index contributed by atoms with van der Waals surface area (Å²) in [5.41, 5.74) is 0. The van der Waals surface area contributed by atoms with Gasteiger partial charge in [0.2, 0.25) is 0 Å². The average Bonchev–Trinajstić information content (AvgIpc) is 2.07. The number of nitrogens with zero attached hydrogens (tertiary/aromatic N) is 1. The molecule has 5 heteroatoms. The third-order valence-electron chi connectivity index (χ3n) is 2.44. The lowest BCUT2D eigenvalue weighted by Gasteiger charge is -2.25. The van der Waals surface area contributed by atoms with Crippen LogP contribution in [-0.2, 0) is 9.59 Å². The molecule has 1 atom stereocenters. The Morgan fingerprint density at radius 1 is 1.12 bits per heavy atom. The van der Waals surface area contributed by atoms with Gasteiger partial charge in [-0.1, -0.05) is 0 Å². The van der Waals surface area contributed by atoms with E-state index in [4.69, 9.17) is 10.2 Å². The maximum atomic E-state index is 10.9. The first kappa shape index (κ1) is 14.9. The number of carbonyl (C=O) groups is 2. The molecule has 0 heterocycles. The van der Waals surface area contributed by atoms with Gasteiger partial charge in [0.1, 0.15) is 0 Å². The summed E-state index contributed by atoms with van der Waals surface area (Å²) < 4.78 is 0.725. The van der Waals surface area contributed by atoms with Gasteiger partial charge in [0.15, 0.2) is 0 Å². The van der Waals surface area contributed by atoms with Gasteiger partial charge in [0.05, 0.1) is 33.6 Å². The van der Waals surface area contributed by atoms with Gasteiger partial charge in [-0.3, -0.25) is 9.59 Å². The number of hydrogen-bond donors (Lipinski definition) is 2. The Kier molecular flexibility index (Phi) is 6.03. The Morgan fingerprint density at radius 2 is 1.69 bits per heavy atom. The van der Waals surface area contributed by atoms with Crippen molar-refractivity contribution in [3.05, 3.63) is 0 Å². The van der Waals surface area contributed by atoms with Crippen molar-refractivity contribution < 1.29 is 24.3 Å². The number of quaternary nitrogens is 1. The first-order valence-electron chi connectivity index (χ1n) is 5.47. The minimum Gasteiger partial charge on any atom is -0.481 e. The average molecular weight is 232 g/mol. The van der Waals surface area contributed by atoms with Crippen LogP contribution in [0.4, 0.5) is 0 Å². The quantitative estimate of drug-likeness (QED) is 0.613. The van der Waals surface area contributed by atoms with E-state index in [0.29, 0.717) is 19.3 Å². The summed E-state index contributed by atoms with van der Waals surface area (Å²) in [5.74, 6) is -2.11. The second-order valence-corrected chi connectivity index (χ2v) is 5.12. The normalized spacial score (nSPS) is 13.4. The van der Waals surface area contributed by atoms with Crippen LogP contribution in [0.3, 0.4) is 0 Å². The van der Waals surface area contributed by atoms with Crippen LogP contribution in [0.5, 0.6) is 0 Å². The second-order valence-electron chi connectivity index (χ2n) is 5.12. The molecule has 0 aromatic rings. The third kappa shape index (κ3) is 8.23. The highest BCUT2D eigenvalue weighted by atomic mass is 16.4. The monoisotopic (exact) mass is 232 g/mol. The summed E-state index contributed by atoms with van der Waals surface area (Å²) in [6.07, 6.45) is 1.53. The van der Waals surface area contributed by atoms with Crippen molar-refractivity contribution in [2.45, 2.75) is 25.7 Å². The highest BCUT2D eigenvalue weighted by molar-refractivity contribution is 5.70. The molecule has 0 aliphatic carbocycles. The van der Waals surface area contributed by atoms with Gasteiger partial charge in [0.25, 0.3) is 0 Å². The standard InChI is InChI=1S/C11H21NO4/c1-12(2,3)8-7-9(11(15)16)5-4-6-10(13)14/h9H,4-8H2,1-3H3,(H-,13,14,15,16)/p+1. The van der Waals surface area contributed by atoms with Crippen molar-refractivity contribution in [2.75, 3.05) is 27.7 Å². The minimum atomic E-state index is -0.865. The summed E-state index contributed by atoms with van der Waals surface area (Å²) in [7, 11) is 6.03. The molecular weight excluding hydrogens is 210 g/mol. The predicted molar refractivity (Wildman–Crippen MR) is 60.1 cm³/mol. The van der Waals surface area contributed by atoms with E-state index < -0.39 is 17.9 Å². The van der Waals surface area contributed by atoms with Crippen LogP contribution in [0.15, 0.2) is 0 Å². The van der Waals surface area contributed by atoms with Crippen molar-refractivity contribution >= 4 is 11.9 Å². The maximum Gasteiger partial charge on any atom is 0.306 e. The van der Waals surface area contributed by atoms with Gasteiger partial charge in [-0.15, -0.1) is 0 Å². The van der Waals surface area contributed by atoms with Gasteiger partial charge in [-0.2, -0.15) is 0 Å². The van der Waals surface area contributed by atoms with Gasteiger partial charge < -0.3 is 14.7 Å². The summed E-state index contributed by atoms with van der Waals surface area (Å²) >= 11 is 0. The zero-order chi connectivity index (χ0) is 12.8. The summed E-state index contributed by atoms with van der Waals surface area (Å²) in [6, 6.07) is 0. The van der Waals surface area contributed by atoms with E-state index >= 15 is 0 Å². The number of aliphatic carboxylic acids is 2. The largest absolute Gasteiger partial charge is 0.481 e. The summed E-state index contributed by atoms with van der Waals surface area (Å²) in [4.78, 5) is 21.3. The number of rotatable bonds is 8. The minimum absolute atomic E-state index is 0.0498. The molecule has 0 radical (unpaired) electrons. The van der Waals surface area contributed by atoms with E-state index in [1.165, 1.54) is 0 Å². The fourth-order valence-corrected chi connectivity index (χ4v) is 1.43. The molecule has 0 amide bonds. The Bertz CT molecular complexity index is 245. The summed E-state index contributed by atoms with van der Waals surface area (Å²) in [5, 5.41) is 17.5. The van der Waals surface area contributed by atoms with E-state index in [1.54, 1.807) is 0 Å². The Hall–Kier alpha value is -1.10. The first-order valence-corrected chi connectivity index (χ1v) is 5.47. The van der Waals surface area contributed by atoms with Crippen LogP contribution in [0.1, 0.15) is 25.7 Å². The molecule has 0 fully saturated rings. The molecule has 5 nitrogen and oxygen atoms in total. The van der Waals surface area contributed by atoms with Gasteiger partial charge in [-0.05, 0) is 12.8 Å². The van der Waals surface area contributed by atoms with E-state index in [1.807, 2.05) is 21.1 Å². The lowest BCUT2D eigenvalue weighted by atomic mass is 9.98. The molecule has 16 heavy (non-hydrogen) atoms. The highest BCUT2D eigenvalue weighted by Crippen LogP contribution is 2.14. The topological polar surface area (TPSA) is 74.6 Å². The lowest BCUT2D eigenvalue weighted by Crippen LogP contribution is -2.37. The molecule has 0 aliphatic heterocycles. The van der Waals surface area contributed by atoms with Crippen LogP contribution < -0.4 is 0 Å². The fraction of sp³-hybridized carbons (Fsp3) is 0.818. The number of carboxylic acids is 2. The molecule has 0 bridgehead atoms. The fourth-order valence-electron chi connectivity index (χ4n) is 1.43. The molecule has 0 spiro atoms. The maximum absolute atomic E-state index is 10.9. The molecular formula is C11H22NO4+. The Labute approximate surface area is 96.3 Å². The molecule has 94 valence electrons.